The van der Waals surface area contributed by atoms with Gasteiger partial charge in [0, 0.05) is 12.6 Å². The molecular formula is C8H15NO4. The van der Waals surface area contributed by atoms with Crippen LogP contribution in [0.5, 0.6) is 0 Å². The lowest BCUT2D eigenvalue weighted by Crippen LogP contribution is -2.39. The van der Waals surface area contributed by atoms with Gasteiger partial charge in [0.05, 0.1) is 0 Å². The van der Waals surface area contributed by atoms with Crippen molar-refractivity contribution in [2.45, 2.75) is 26.3 Å². The van der Waals surface area contributed by atoms with Crippen LogP contribution in [0.2, 0.25) is 0 Å². The number of nitrogens with one attached hydrogen (secondary N) is 1. The van der Waals surface area contributed by atoms with Crippen molar-refractivity contribution in [3.63, 3.8) is 0 Å². The van der Waals surface area contributed by atoms with Crippen LogP contribution < -0.4 is 5.32 Å². The first-order chi connectivity index (χ1) is 5.97. The van der Waals surface area contributed by atoms with Crippen LogP contribution in [-0.2, 0) is 9.59 Å². The van der Waals surface area contributed by atoms with E-state index in [1.165, 1.54) is 0 Å². The maximum absolute atomic E-state index is 10.9. The van der Waals surface area contributed by atoms with Crippen LogP contribution >= 0.6 is 0 Å². The molecule has 2 atom stereocenters. The number of hydrogen-bond acceptors (Lipinski definition) is 3. The van der Waals surface area contributed by atoms with E-state index in [-0.39, 0.29) is 18.6 Å². The average Bonchev–Trinajstić information content (AvgIpc) is 2.01. The molecule has 0 saturated carbocycles. The number of amides is 1. The third-order valence-electron chi connectivity index (χ3n) is 1.84. The van der Waals surface area contributed by atoms with E-state index in [9.17, 15) is 9.59 Å². The highest BCUT2D eigenvalue weighted by atomic mass is 16.4. The summed E-state index contributed by atoms with van der Waals surface area (Å²) >= 11 is 0. The predicted molar refractivity (Wildman–Crippen MR) is 46.1 cm³/mol. The molecule has 0 bridgehead atoms. The van der Waals surface area contributed by atoms with Gasteiger partial charge in [0.25, 0.3) is 0 Å². The molecule has 3 N–H and O–H groups in total. The van der Waals surface area contributed by atoms with Crippen molar-refractivity contribution in [1.82, 2.24) is 5.32 Å². The van der Waals surface area contributed by atoms with Crippen LogP contribution in [0.1, 0.15) is 20.3 Å². The molecule has 0 saturated heterocycles. The molecule has 13 heavy (non-hydrogen) atoms. The molecule has 2 unspecified atom stereocenters. The monoisotopic (exact) mass is 189 g/mol. The highest BCUT2D eigenvalue weighted by molar-refractivity contribution is 5.93. The minimum absolute atomic E-state index is 0.0332. The molecule has 0 radical (unpaired) electrons. The molecule has 0 aliphatic rings. The SMILES string of the molecule is CC(CO)C(C)NC(=O)CC(=O)O. The Morgan fingerprint density at radius 2 is 1.92 bits per heavy atom. The Morgan fingerprint density at radius 1 is 1.38 bits per heavy atom. The van der Waals surface area contributed by atoms with Gasteiger partial charge in [-0.3, -0.25) is 9.59 Å². The van der Waals surface area contributed by atoms with Gasteiger partial charge in [0.15, 0.2) is 0 Å². The quantitative estimate of drug-likeness (QED) is 0.513. The van der Waals surface area contributed by atoms with E-state index >= 15 is 0 Å². The van der Waals surface area contributed by atoms with Gasteiger partial charge in [-0.15, -0.1) is 0 Å². The zero-order chi connectivity index (χ0) is 10.4. The molecule has 1 amide bonds. The van der Waals surface area contributed by atoms with Crippen LogP contribution in [0.15, 0.2) is 0 Å². The van der Waals surface area contributed by atoms with Gasteiger partial charge < -0.3 is 15.5 Å². The zero-order valence-electron chi connectivity index (χ0n) is 7.78. The van der Waals surface area contributed by atoms with Gasteiger partial charge in [-0.25, -0.2) is 0 Å². The second-order valence-electron chi connectivity index (χ2n) is 3.09. The molecule has 0 rings (SSSR count). The van der Waals surface area contributed by atoms with Crippen molar-refractivity contribution >= 4 is 11.9 Å². The third kappa shape index (κ3) is 5.19. The Hall–Kier alpha value is -1.10. The number of carboxylic acids is 1. The Balaban J connectivity index is 3.84. The van der Waals surface area contributed by atoms with E-state index in [1.807, 2.05) is 0 Å². The molecule has 0 spiro atoms. The van der Waals surface area contributed by atoms with Gasteiger partial charge in [-0.1, -0.05) is 6.92 Å². The van der Waals surface area contributed by atoms with Crippen LogP contribution in [0.25, 0.3) is 0 Å². The summed E-state index contributed by atoms with van der Waals surface area (Å²) in [5.41, 5.74) is 0. The second kappa shape index (κ2) is 5.53. The van der Waals surface area contributed by atoms with Crippen LogP contribution in [0, 0.1) is 5.92 Å². The summed E-state index contributed by atoms with van der Waals surface area (Å²) < 4.78 is 0. The highest BCUT2D eigenvalue weighted by Crippen LogP contribution is 2.00. The maximum Gasteiger partial charge on any atom is 0.312 e. The smallest absolute Gasteiger partial charge is 0.312 e. The fourth-order valence-corrected chi connectivity index (χ4v) is 0.743. The fourth-order valence-electron chi connectivity index (χ4n) is 0.743. The number of aliphatic carboxylic acids is 1. The summed E-state index contributed by atoms with van der Waals surface area (Å²) in [6, 6.07) is -0.211. The van der Waals surface area contributed by atoms with Gasteiger partial charge in [0.1, 0.15) is 6.42 Å². The minimum atomic E-state index is -1.15. The molecule has 0 aliphatic heterocycles. The lowest BCUT2D eigenvalue weighted by Gasteiger charge is -2.18. The van der Waals surface area contributed by atoms with E-state index in [0.717, 1.165) is 0 Å². The summed E-state index contributed by atoms with van der Waals surface area (Å²) in [5.74, 6) is -1.75. The van der Waals surface area contributed by atoms with Gasteiger partial charge >= 0.3 is 5.97 Å². The van der Waals surface area contributed by atoms with E-state index < -0.39 is 18.3 Å². The van der Waals surface area contributed by atoms with Crippen LogP contribution in [0.4, 0.5) is 0 Å². The topological polar surface area (TPSA) is 86.6 Å². The summed E-state index contributed by atoms with van der Waals surface area (Å²) in [6.07, 6.45) is -0.525. The largest absolute Gasteiger partial charge is 0.481 e. The van der Waals surface area contributed by atoms with Gasteiger partial charge in [0.2, 0.25) is 5.91 Å². The summed E-state index contributed by atoms with van der Waals surface area (Å²) in [7, 11) is 0. The molecule has 5 nitrogen and oxygen atoms in total. The van der Waals surface area contributed by atoms with Crippen LogP contribution in [0.3, 0.4) is 0 Å². The number of aliphatic hydroxyl groups is 1. The van der Waals surface area contributed by atoms with Crippen LogP contribution in [-0.4, -0.2) is 34.7 Å². The Bertz CT molecular complexity index is 193. The molecule has 5 heteroatoms. The van der Waals surface area contributed by atoms with Crippen molar-refractivity contribution in [3.8, 4) is 0 Å². The van der Waals surface area contributed by atoms with E-state index in [0.29, 0.717) is 0 Å². The Kier molecular flexibility index (Phi) is 5.06. The summed E-state index contributed by atoms with van der Waals surface area (Å²) in [5, 5.41) is 19.5. The first-order valence-electron chi connectivity index (χ1n) is 4.09. The van der Waals surface area contributed by atoms with E-state index in [1.54, 1.807) is 13.8 Å². The Morgan fingerprint density at radius 3 is 2.31 bits per heavy atom. The molecule has 0 heterocycles. The molecule has 76 valence electrons. The first kappa shape index (κ1) is 11.9. The lowest BCUT2D eigenvalue weighted by atomic mass is 10.1. The number of aliphatic hydroxyl groups excluding tert-OH is 1. The number of carboxylic acid groups (broad SMARTS) is 1. The number of carbonyl (C=O) groups excluding carboxylic acids is 1. The minimum Gasteiger partial charge on any atom is -0.481 e. The van der Waals surface area contributed by atoms with Crippen molar-refractivity contribution < 1.29 is 19.8 Å². The molecule has 0 aromatic carbocycles. The molecule has 0 aliphatic carbocycles. The maximum atomic E-state index is 10.9. The molecule has 0 aromatic rings. The second-order valence-corrected chi connectivity index (χ2v) is 3.09. The van der Waals surface area contributed by atoms with Crippen molar-refractivity contribution in [2.24, 2.45) is 5.92 Å². The van der Waals surface area contributed by atoms with Crippen molar-refractivity contribution in [1.29, 1.82) is 0 Å². The van der Waals surface area contributed by atoms with Crippen molar-refractivity contribution in [2.75, 3.05) is 6.61 Å². The normalized spacial score (nSPS) is 14.7. The molecule has 0 aromatic heterocycles. The number of carbonyl (C=O) groups is 2. The third-order valence-corrected chi connectivity index (χ3v) is 1.84. The van der Waals surface area contributed by atoms with E-state index in [4.69, 9.17) is 10.2 Å². The fraction of sp³-hybridized carbons (Fsp3) is 0.750. The number of rotatable bonds is 5. The standard InChI is InChI=1S/C8H15NO4/c1-5(4-10)6(2)9-7(11)3-8(12)13/h5-6,10H,3-4H2,1-2H3,(H,9,11)(H,12,13). The summed E-state index contributed by atoms with van der Waals surface area (Å²) in [6.45, 7) is 3.46. The van der Waals surface area contributed by atoms with Gasteiger partial charge in [-0.05, 0) is 12.8 Å². The number of hydrogen-bond donors (Lipinski definition) is 3. The first-order valence-corrected chi connectivity index (χ1v) is 4.09. The predicted octanol–water partition coefficient (Wildman–Crippen LogP) is -0.406. The van der Waals surface area contributed by atoms with Crippen molar-refractivity contribution in [3.05, 3.63) is 0 Å². The highest BCUT2D eigenvalue weighted by Gasteiger charge is 2.15. The molecular weight excluding hydrogens is 174 g/mol. The van der Waals surface area contributed by atoms with Gasteiger partial charge in [-0.2, -0.15) is 0 Å². The molecule has 0 fully saturated rings. The summed E-state index contributed by atoms with van der Waals surface area (Å²) in [4.78, 5) is 21.0. The average molecular weight is 189 g/mol. The Labute approximate surface area is 76.8 Å². The van der Waals surface area contributed by atoms with E-state index in [2.05, 4.69) is 5.32 Å². The zero-order valence-corrected chi connectivity index (χ0v) is 7.78. The lowest BCUT2D eigenvalue weighted by molar-refractivity contribution is -0.140.